The molecule has 0 unspecified atom stereocenters. The van der Waals surface area contributed by atoms with Crippen molar-refractivity contribution in [1.29, 1.82) is 5.41 Å². The van der Waals surface area contributed by atoms with Crippen molar-refractivity contribution in [2.75, 3.05) is 12.1 Å². The Kier molecular flexibility index (Phi) is 3.25. The number of anilines is 1. The van der Waals surface area contributed by atoms with Crippen LogP contribution < -0.4 is 10.4 Å². The Bertz CT molecular complexity index is 350. The minimum Gasteiger partial charge on any atom is -0.290 e. The van der Waals surface area contributed by atoms with E-state index in [4.69, 9.17) is 5.41 Å². The average molecular weight is 218 g/mol. The van der Waals surface area contributed by atoms with Crippen molar-refractivity contribution < 1.29 is 13.2 Å². The van der Waals surface area contributed by atoms with Gasteiger partial charge in [-0.25, -0.2) is 15.4 Å². The van der Waals surface area contributed by atoms with Crippen molar-refractivity contribution in [3.63, 3.8) is 0 Å². The van der Waals surface area contributed by atoms with Crippen LogP contribution in [0.25, 0.3) is 0 Å². The van der Waals surface area contributed by atoms with Crippen molar-refractivity contribution in [2.45, 2.75) is 6.18 Å². The summed E-state index contributed by atoms with van der Waals surface area (Å²) < 4.78 is 36.8. The van der Waals surface area contributed by atoms with Gasteiger partial charge in [0.25, 0.3) is 0 Å². The first kappa shape index (κ1) is 11.4. The second-order valence-corrected chi connectivity index (χ2v) is 2.60. The number of nitrogens with zero attached hydrogens (tertiary/aromatic N) is 2. The van der Waals surface area contributed by atoms with Crippen LogP contribution in [0.2, 0.25) is 0 Å². The number of hydrogen-bond donors (Lipinski definition) is 2. The molecule has 4 nitrogen and oxygen atoms in total. The monoisotopic (exact) mass is 218 g/mol. The summed E-state index contributed by atoms with van der Waals surface area (Å²) in [5.41, 5.74) is 1.52. The summed E-state index contributed by atoms with van der Waals surface area (Å²) in [5.74, 6) is 0.0160. The molecule has 82 valence electrons. The highest BCUT2D eigenvalue weighted by molar-refractivity contribution is 5.73. The van der Waals surface area contributed by atoms with Gasteiger partial charge in [0.1, 0.15) is 17.9 Å². The molecule has 0 amide bonds. The largest absolute Gasteiger partial charge is 0.433 e. The van der Waals surface area contributed by atoms with Crippen molar-refractivity contribution >= 4 is 12.2 Å². The minimum atomic E-state index is -4.47. The molecule has 0 spiro atoms. The van der Waals surface area contributed by atoms with Crippen molar-refractivity contribution in [3.05, 3.63) is 23.9 Å². The van der Waals surface area contributed by atoms with Gasteiger partial charge in [-0.15, -0.1) is 0 Å². The highest BCUT2D eigenvalue weighted by atomic mass is 19.4. The number of hydrogen-bond acceptors (Lipinski definition) is 3. The molecule has 1 aromatic heterocycles. The van der Waals surface area contributed by atoms with Crippen LogP contribution in [-0.4, -0.2) is 18.4 Å². The van der Waals surface area contributed by atoms with Gasteiger partial charge in [-0.05, 0) is 12.1 Å². The molecule has 15 heavy (non-hydrogen) atoms. The number of alkyl halides is 3. The maximum Gasteiger partial charge on any atom is 0.433 e. The van der Waals surface area contributed by atoms with Crippen LogP contribution in [0.5, 0.6) is 0 Å². The Morgan fingerprint density at radius 3 is 2.60 bits per heavy atom. The quantitative estimate of drug-likeness (QED) is 0.460. The first-order valence-electron chi connectivity index (χ1n) is 4.00. The summed E-state index contributed by atoms with van der Waals surface area (Å²) in [5, 5.41) is 8.01. The van der Waals surface area contributed by atoms with Crippen LogP contribution >= 0.6 is 0 Å². The second-order valence-electron chi connectivity index (χ2n) is 2.60. The standard InChI is InChI=1S/C8H9F3N4/c1-13-15(5-12)7-4-2-3-6(14-7)8(9,10)11/h2-5,12-13H,1H3. The van der Waals surface area contributed by atoms with Gasteiger partial charge in [-0.3, -0.25) is 5.41 Å². The number of halogens is 3. The van der Waals surface area contributed by atoms with Crippen molar-refractivity contribution in [2.24, 2.45) is 0 Å². The maximum absolute atomic E-state index is 12.3. The summed E-state index contributed by atoms with van der Waals surface area (Å²) in [6.07, 6.45) is -3.64. The summed E-state index contributed by atoms with van der Waals surface area (Å²) in [6, 6.07) is 3.48. The van der Waals surface area contributed by atoms with Crippen LogP contribution in [-0.2, 0) is 6.18 Å². The molecule has 0 aliphatic carbocycles. The number of rotatable bonds is 3. The molecule has 1 heterocycles. The topological polar surface area (TPSA) is 52.0 Å². The first-order chi connectivity index (χ1) is 6.99. The average Bonchev–Trinajstić information content (AvgIpc) is 2.19. The molecule has 2 N–H and O–H groups in total. The van der Waals surface area contributed by atoms with E-state index >= 15 is 0 Å². The number of hydrazine groups is 1. The fraction of sp³-hybridized carbons (Fsp3) is 0.250. The molecule has 0 aliphatic rings. The van der Waals surface area contributed by atoms with E-state index in [9.17, 15) is 13.2 Å². The molecule has 1 aromatic rings. The summed E-state index contributed by atoms with van der Waals surface area (Å²) in [6.45, 7) is 0. The van der Waals surface area contributed by atoms with E-state index in [0.717, 1.165) is 17.4 Å². The molecule has 0 aliphatic heterocycles. The molecule has 1 rings (SSSR count). The minimum absolute atomic E-state index is 0.0160. The third-order valence-electron chi connectivity index (χ3n) is 1.64. The Morgan fingerprint density at radius 1 is 1.47 bits per heavy atom. The molecule has 0 atom stereocenters. The molecule has 0 saturated heterocycles. The van der Waals surface area contributed by atoms with E-state index in [1.165, 1.54) is 19.2 Å². The predicted molar refractivity (Wildman–Crippen MR) is 49.6 cm³/mol. The molecule has 7 heteroatoms. The number of nitrogens with one attached hydrogen (secondary N) is 2. The first-order valence-corrected chi connectivity index (χ1v) is 4.00. The van der Waals surface area contributed by atoms with E-state index < -0.39 is 11.9 Å². The van der Waals surface area contributed by atoms with Crippen LogP contribution in [0.4, 0.5) is 19.0 Å². The molecule has 0 bridgehead atoms. The van der Waals surface area contributed by atoms with E-state index in [0.29, 0.717) is 0 Å². The summed E-state index contributed by atoms with van der Waals surface area (Å²) >= 11 is 0. The molecular weight excluding hydrogens is 209 g/mol. The van der Waals surface area contributed by atoms with E-state index in [1.807, 2.05) is 0 Å². The lowest BCUT2D eigenvalue weighted by Crippen LogP contribution is -2.34. The lowest BCUT2D eigenvalue weighted by Gasteiger charge is -2.17. The summed E-state index contributed by atoms with van der Waals surface area (Å²) in [7, 11) is 1.48. The smallest absolute Gasteiger partial charge is 0.290 e. The SMILES string of the molecule is CNN(C=N)c1cccc(C(F)(F)F)n1. The normalized spacial score (nSPS) is 11.2. The van der Waals surface area contributed by atoms with E-state index in [2.05, 4.69) is 10.4 Å². The van der Waals surface area contributed by atoms with E-state index in [1.54, 1.807) is 0 Å². The Morgan fingerprint density at radius 2 is 2.13 bits per heavy atom. The van der Waals surface area contributed by atoms with Crippen molar-refractivity contribution in [3.8, 4) is 0 Å². The molecule has 0 saturated carbocycles. The van der Waals surface area contributed by atoms with E-state index in [-0.39, 0.29) is 5.82 Å². The lowest BCUT2D eigenvalue weighted by molar-refractivity contribution is -0.141. The van der Waals surface area contributed by atoms with Gasteiger partial charge in [0.05, 0.1) is 0 Å². The third kappa shape index (κ3) is 2.66. The number of pyridine rings is 1. The van der Waals surface area contributed by atoms with Gasteiger partial charge < -0.3 is 0 Å². The van der Waals surface area contributed by atoms with Crippen LogP contribution in [0.15, 0.2) is 18.2 Å². The van der Waals surface area contributed by atoms with Gasteiger partial charge in [0.15, 0.2) is 0 Å². The highest BCUT2D eigenvalue weighted by Gasteiger charge is 2.32. The van der Waals surface area contributed by atoms with Gasteiger partial charge in [0.2, 0.25) is 0 Å². The third-order valence-corrected chi connectivity index (χ3v) is 1.64. The van der Waals surface area contributed by atoms with Crippen LogP contribution in [0, 0.1) is 5.41 Å². The fourth-order valence-electron chi connectivity index (χ4n) is 0.961. The number of aromatic nitrogens is 1. The Labute approximate surface area is 84.2 Å². The molecule has 0 radical (unpaired) electrons. The molecular formula is C8H9F3N4. The van der Waals surface area contributed by atoms with Gasteiger partial charge in [-0.1, -0.05) is 6.07 Å². The summed E-state index contributed by atoms with van der Waals surface area (Å²) in [4.78, 5) is 3.37. The van der Waals surface area contributed by atoms with Crippen LogP contribution in [0.3, 0.4) is 0 Å². The van der Waals surface area contributed by atoms with Crippen molar-refractivity contribution in [1.82, 2.24) is 10.4 Å². The Balaban J connectivity index is 3.07. The van der Waals surface area contributed by atoms with Gasteiger partial charge in [0, 0.05) is 7.05 Å². The second kappa shape index (κ2) is 4.26. The molecule has 0 aromatic carbocycles. The lowest BCUT2D eigenvalue weighted by atomic mass is 10.3. The molecule has 0 fully saturated rings. The fourth-order valence-corrected chi connectivity index (χ4v) is 0.961. The van der Waals surface area contributed by atoms with Gasteiger partial charge >= 0.3 is 6.18 Å². The zero-order valence-corrected chi connectivity index (χ0v) is 7.84. The zero-order chi connectivity index (χ0) is 11.5. The zero-order valence-electron chi connectivity index (χ0n) is 7.84. The predicted octanol–water partition coefficient (Wildman–Crippen LogP) is 1.65. The Hall–Kier alpha value is -1.63. The van der Waals surface area contributed by atoms with Crippen LogP contribution in [0.1, 0.15) is 5.69 Å². The maximum atomic E-state index is 12.3. The van der Waals surface area contributed by atoms with Gasteiger partial charge in [-0.2, -0.15) is 13.2 Å². The highest BCUT2D eigenvalue weighted by Crippen LogP contribution is 2.28.